The molecule has 0 unspecified atom stereocenters. The largest absolute Gasteiger partial charge is 0.495 e. The standard InChI is InChI=1S/C13H14F3N3O2/c1-21-11-5-4-9(3-2-6-17)7-10(11)19-12(20)18-8-13(14,15)16/h4-5,7H,6,8,17H2,1H3,(H2,18,19,20). The number of methoxy groups -OCH3 is 1. The Morgan fingerprint density at radius 2 is 2.14 bits per heavy atom. The van der Waals surface area contributed by atoms with Crippen molar-refractivity contribution in [3.05, 3.63) is 23.8 Å². The molecule has 0 saturated carbocycles. The van der Waals surface area contributed by atoms with Crippen molar-refractivity contribution < 1.29 is 22.7 Å². The zero-order chi connectivity index (χ0) is 15.9. The monoisotopic (exact) mass is 301 g/mol. The van der Waals surface area contributed by atoms with Crippen LogP contribution in [-0.2, 0) is 0 Å². The molecule has 21 heavy (non-hydrogen) atoms. The second kappa shape index (κ2) is 7.40. The van der Waals surface area contributed by atoms with E-state index in [0.717, 1.165) is 0 Å². The second-order valence-corrected chi connectivity index (χ2v) is 3.84. The van der Waals surface area contributed by atoms with E-state index in [1.54, 1.807) is 17.4 Å². The summed E-state index contributed by atoms with van der Waals surface area (Å²) in [5, 5.41) is 3.98. The Balaban J connectivity index is 2.82. The summed E-state index contributed by atoms with van der Waals surface area (Å²) in [5.74, 6) is 5.67. The van der Waals surface area contributed by atoms with Crippen LogP contribution in [0.1, 0.15) is 5.56 Å². The number of halogens is 3. The molecule has 1 aromatic rings. The van der Waals surface area contributed by atoms with E-state index >= 15 is 0 Å². The molecule has 5 nitrogen and oxygen atoms in total. The first kappa shape index (κ1) is 16.7. The van der Waals surface area contributed by atoms with Crippen molar-refractivity contribution in [3.63, 3.8) is 0 Å². The topological polar surface area (TPSA) is 76.4 Å². The fourth-order valence-electron chi connectivity index (χ4n) is 1.38. The van der Waals surface area contributed by atoms with Gasteiger partial charge in [-0.15, -0.1) is 0 Å². The van der Waals surface area contributed by atoms with E-state index in [4.69, 9.17) is 10.5 Å². The summed E-state index contributed by atoms with van der Waals surface area (Å²) in [5.41, 5.74) is 6.00. The molecule has 0 radical (unpaired) electrons. The molecule has 0 fully saturated rings. The van der Waals surface area contributed by atoms with Gasteiger partial charge in [0.25, 0.3) is 0 Å². The number of hydrogen-bond acceptors (Lipinski definition) is 3. The van der Waals surface area contributed by atoms with Crippen LogP contribution < -0.4 is 21.1 Å². The van der Waals surface area contributed by atoms with Crippen LogP contribution in [0.4, 0.5) is 23.7 Å². The van der Waals surface area contributed by atoms with Crippen molar-refractivity contribution in [2.24, 2.45) is 5.73 Å². The van der Waals surface area contributed by atoms with Crippen LogP contribution in [-0.4, -0.2) is 32.4 Å². The van der Waals surface area contributed by atoms with Gasteiger partial charge in [0.1, 0.15) is 12.3 Å². The number of urea groups is 1. The number of nitrogens with two attached hydrogens (primary N) is 1. The molecule has 0 aromatic heterocycles. The average molecular weight is 301 g/mol. The molecule has 114 valence electrons. The Bertz CT molecular complexity index is 562. The highest BCUT2D eigenvalue weighted by Gasteiger charge is 2.27. The summed E-state index contributed by atoms with van der Waals surface area (Å²) in [6.07, 6.45) is -4.48. The molecule has 0 bridgehead atoms. The van der Waals surface area contributed by atoms with Crippen molar-refractivity contribution in [2.75, 3.05) is 25.5 Å². The summed E-state index contributed by atoms with van der Waals surface area (Å²) < 4.78 is 41.0. The number of anilines is 1. The van der Waals surface area contributed by atoms with Gasteiger partial charge in [-0.1, -0.05) is 11.8 Å². The second-order valence-electron chi connectivity index (χ2n) is 3.84. The van der Waals surface area contributed by atoms with Gasteiger partial charge in [-0.3, -0.25) is 0 Å². The van der Waals surface area contributed by atoms with Gasteiger partial charge in [0.2, 0.25) is 0 Å². The summed E-state index contributed by atoms with van der Waals surface area (Å²) in [6, 6.07) is 3.67. The number of alkyl halides is 3. The van der Waals surface area contributed by atoms with Gasteiger partial charge in [-0.05, 0) is 18.2 Å². The fraction of sp³-hybridized carbons (Fsp3) is 0.308. The van der Waals surface area contributed by atoms with E-state index in [1.807, 2.05) is 0 Å². The number of carbonyl (C=O) groups is 1. The number of rotatable bonds is 3. The predicted octanol–water partition coefficient (Wildman–Crippen LogP) is 1.69. The van der Waals surface area contributed by atoms with Crippen molar-refractivity contribution in [1.29, 1.82) is 0 Å². The minimum Gasteiger partial charge on any atom is -0.495 e. The third kappa shape index (κ3) is 6.05. The Kier molecular flexibility index (Phi) is 5.87. The summed E-state index contributed by atoms with van der Waals surface area (Å²) >= 11 is 0. The van der Waals surface area contributed by atoms with Crippen molar-refractivity contribution in [1.82, 2.24) is 5.32 Å². The van der Waals surface area contributed by atoms with Crippen LogP contribution in [0, 0.1) is 11.8 Å². The third-order valence-corrected chi connectivity index (χ3v) is 2.23. The molecule has 0 saturated heterocycles. The first-order valence-electron chi connectivity index (χ1n) is 5.84. The van der Waals surface area contributed by atoms with E-state index in [2.05, 4.69) is 17.2 Å². The average Bonchev–Trinajstić information content (AvgIpc) is 2.42. The van der Waals surface area contributed by atoms with Gasteiger partial charge in [-0.25, -0.2) is 4.79 Å². The number of hydrogen-bond donors (Lipinski definition) is 3. The number of amides is 2. The van der Waals surface area contributed by atoms with E-state index in [9.17, 15) is 18.0 Å². The lowest BCUT2D eigenvalue weighted by atomic mass is 10.2. The highest BCUT2D eigenvalue weighted by Crippen LogP contribution is 2.25. The molecule has 2 amide bonds. The third-order valence-electron chi connectivity index (χ3n) is 2.23. The molecular weight excluding hydrogens is 287 g/mol. The van der Waals surface area contributed by atoms with Gasteiger partial charge in [0, 0.05) is 5.56 Å². The Hall–Kier alpha value is -2.40. The quantitative estimate of drug-likeness (QED) is 0.744. The zero-order valence-corrected chi connectivity index (χ0v) is 11.2. The Morgan fingerprint density at radius 1 is 1.43 bits per heavy atom. The van der Waals surface area contributed by atoms with Gasteiger partial charge in [-0.2, -0.15) is 13.2 Å². The molecule has 0 aliphatic carbocycles. The fourth-order valence-corrected chi connectivity index (χ4v) is 1.38. The summed E-state index contributed by atoms with van der Waals surface area (Å²) in [7, 11) is 1.37. The Morgan fingerprint density at radius 3 is 2.71 bits per heavy atom. The first-order valence-corrected chi connectivity index (χ1v) is 5.84. The molecule has 1 rings (SSSR count). The van der Waals surface area contributed by atoms with Crippen LogP contribution in [0.2, 0.25) is 0 Å². The van der Waals surface area contributed by atoms with E-state index in [0.29, 0.717) is 11.3 Å². The highest BCUT2D eigenvalue weighted by atomic mass is 19.4. The predicted molar refractivity (Wildman–Crippen MR) is 72.0 cm³/mol. The molecular formula is C13H14F3N3O2. The molecule has 0 atom stereocenters. The van der Waals surface area contributed by atoms with Gasteiger partial charge in [0.15, 0.2) is 0 Å². The molecule has 0 spiro atoms. The van der Waals surface area contributed by atoms with E-state index in [1.165, 1.54) is 13.2 Å². The van der Waals surface area contributed by atoms with Crippen molar-refractivity contribution >= 4 is 11.7 Å². The molecule has 8 heteroatoms. The lowest BCUT2D eigenvalue weighted by Gasteiger charge is -2.12. The van der Waals surface area contributed by atoms with Crippen LogP contribution in [0.3, 0.4) is 0 Å². The summed E-state index contributed by atoms with van der Waals surface area (Å²) in [6.45, 7) is -1.26. The molecule has 1 aromatic carbocycles. The SMILES string of the molecule is COc1ccc(C#CCN)cc1NC(=O)NCC(F)(F)F. The van der Waals surface area contributed by atoms with Crippen molar-refractivity contribution in [3.8, 4) is 17.6 Å². The summed E-state index contributed by atoms with van der Waals surface area (Å²) in [4.78, 5) is 11.4. The first-order chi connectivity index (χ1) is 9.85. The van der Waals surface area contributed by atoms with Crippen LogP contribution in [0.25, 0.3) is 0 Å². The van der Waals surface area contributed by atoms with Gasteiger partial charge in [0.05, 0.1) is 19.3 Å². The van der Waals surface area contributed by atoms with Crippen LogP contribution >= 0.6 is 0 Å². The number of ether oxygens (including phenoxy) is 1. The maximum absolute atomic E-state index is 12.0. The Labute approximate surface area is 119 Å². The maximum Gasteiger partial charge on any atom is 0.405 e. The molecule has 4 N–H and O–H groups in total. The number of nitrogens with one attached hydrogen (secondary N) is 2. The van der Waals surface area contributed by atoms with E-state index in [-0.39, 0.29) is 12.2 Å². The lowest BCUT2D eigenvalue weighted by Crippen LogP contribution is -2.36. The smallest absolute Gasteiger partial charge is 0.405 e. The maximum atomic E-state index is 12.0. The molecule has 0 heterocycles. The zero-order valence-electron chi connectivity index (χ0n) is 11.2. The van der Waals surface area contributed by atoms with Crippen LogP contribution in [0.15, 0.2) is 18.2 Å². The van der Waals surface area contributed by atoms with Crippen molar-refractivity contribution in [2.45, 2.75) is 6.18 Å². The van der Waals surface area contributed by atoms with Gasteiger partial charge >= 0.3 is 12.2 Å². The number of carbonyl (C=O) groups excluding carboxylic acids is 1. The lowest BCUT2D eigenvalue weighted by molar-refractivity contribution is -0.122. The normalized spacial score (nSPS) is 10.3. The highest BCUT2D eigenvalue weighted by molar-refractivity contribution is 5.91. The number of benzene rings is 1. The minimum absolute atomic E-state index is 0.168. The minimum atomic E-state index is -4.48. The van der Waals surface area contributed by atoms with E-state index < -0.39 is 18.8 Å². The molecule has 0 aliphatic rings. The molecule has 0 aliphatic heterocycles. The van der Waals surface area contributed by atoms with Gasteiger partial charge < -0.3 is 21.1 Å². The van der Waals surface area contributed by atoms with Crippen LogP contribution in [0.5, 0.6) is 5.75 Å².